The second kappa shape index (κ2) is 4.70. The van der Waals surface area contributed by atoms with Gasteiger partial charge in [0.1, 0.15) is 0 Å². The Morgan fingerprint density at radius 3 is 2.29 bits per heavy atom. The number of nitrogens with zero attached hydrogens (tertiary/aromatic N) is 1. The Morgan fingerprint density at radius 1 is 1.24 bits per heavy atom. The van der Waals surface area contributed by atoms with Gasteiger partial charge in [0.05, 0.1) is 6.04 Å². The first-order valence-corrected chi connectivity index (χ1v) is 8.41. The fraction of sp³-hybridized carbons (Fsp3) is 0.875. The largest absolute Gasteiger partial charge is 0.336 e. The van der Waals surface area contributed by atoms with Crippen molar-refractivity contribution in [1.82, 2.24) is 15.5 Å². The predicted molar refractivity (Wildman–Crippen MR) is 78.6 cm³/mol. The van der Waals surface area contributed by atoms with E-state index in [9.17, 15) is 9.59 Å². The molecule has 1 atom stereocenters. The van der Waals surface area contributed by atoms with Crippen LogP contribution in [-0.2, 0) is 4.79 Å². The fourth-order valence-corrected chi connectivity index (χ4v) is 5.72. The molecule has 1 heterocycles. The lowest BCUT2D eigenvalue weighted by Gasteiger charge is -2.57. The van der Waals surface area contributed by atoms with Crippen LogP contribution in [0.5, 0.6) is 0 Å². The van der Waals surface area contributed by atoms with Gasteiger partial charge in [0.25, 0.3) is 0 Å². The molecule has 0 spiro atoms. The SMILES string of the molecule is C[C@@H](NC12CC3CC(CC(C3)C1)C2)C(=O)N1CCNC1=O. The van der Waals surface area contributed by atoms with Crippen LogP contribution in [0.25, 0.3) is 0 Å². The predicted octanol–water partition coefficient (Wildman–Crippen LogP) is 1.49. The number of carbonyl (C=O) groups is 2. The Labute approximate surface area is 125 Å². The molecule has 0 radical (unpaired) electrons. The zero-order valence-corrected chi connectivity index (χ0v) is 12.7. The van der Waals surface area contributed by atoms with Crippen LogP contribution in [0.2, 0.25) is 0 Å². The molecule has 0 unspecified atom stereocenters. The van der Waals surface area contributed by atoms with E-state index in [1.54, 1.807) is 0 Å². The highest BCUT2D eigenvalue weighted by Gasteiger charge is 2.51. The molecule has 5 nitrogen and oxygen atoms in total. The maximum absolute atomic E-state index is 12.5. The highest BCUT2D eigenvalue weighted by molar-refractivity contribution is 5.98. The standard InChI is InChI=1S/C16H25N3O2/c1-10(14(20)19-3-2-17-15(19)21)18-16-7-11-4-12(8-16)6-13(5-11)9-16/h10-13,18H,2-9H2,1H3,(H,17,21)/t10-,11?,12?,13?,16?/m1/s1. The summed E-state index contributed by atoms with van der Waals surface area (Å²) in [6, 6.07) is -0.496. The Morgan fingerprint density at radius 2 is 1.81 bits per heavy atom. The molecule has 1 aliphatic heterocycles. The van der Waals surface area contributed by atoms with E-state index in [2.05, 4.69) is 10.6 Å². The third-order valence-electron chi connectivity index (χ3n) is 6.05. The lowest BCUT2D eigenvalue weighted by atomic mass is 9.53. The van der Waals surface area contributed by atoms with Gasteiger partial charge in [0, 0.05) is 18.6 Å². The summed E-state index contributed by atoms with van der Waals surface area (Å²) in [5.41, 5.74) is 0.167. The van der Waals surface area contributed by atoms with Crippen molar-refractivity contribution in [2.45, 2.75) is 57.0 Å². The smallest absolute Gasteiger partial charge is 0.324 e. The number of rotatable bonds is 3. The number of nitrogens with one attached hydrogen (secondary N) is 2. The van der Waals surface area contributed by atoms with Crippen molar-refractivity contribution in [3.63, 3.8) is 0 Å². The van der Waals surface area contributed by atoms with Crippen LogP contribution in [-0.4, -0.2) is 41.5 Å². The third-order valence-corrected chi connectivity index (χ3v) is 6.05. The molecule has 5 rings (SSSR count). The average Bonchev–Trinajstić information content (AvgIpc) is 2.81. The van der Waals surface area contributed by atoms with Crippen LogP contribution in [0.3, 0.4) is 0 Å². The first kappa shape index (κ1) is 13.6. The number of hydrogen-bond donors (Lipinski definition) is 2. The van der Waals surface area contributed by atoms with Gasteiger partial charge in [-0.3, -0.25) is 9.69 Å². The van der Waals surface area contributed by atoms with Crippen molar-refractivity contribution in [3.8, 4) is 0 Å². The van der Waals surface area contributed by atoms with E-state index in [-0.39, 0.29) is 23.5 Å². The van der Waals surface area contributed by atoms with Gasteiger partial charge < -0.3 is 10.6 Å². The topological polar surface area (TPSA) is 61.4 Å². The van der Waals surface area contributed by atoms with Gasteiger partial charge in [-0.25, -0.2) is 4.79 Å². The minimum Gasteiger partial charge on any atom is -0.336 e. The van der Waals surface area contributed by atoms with Crippen LogP contribution in [0.4, 0.5) is 4.79 Å². The maximum atomic E-state index is 12.5. The first-order valence-electron chi connectivity index (χ1n) is 8.41. The molecule has 4 saturated carbocycles. The normalized spacial score (nSPS) is 42.2. The lowest BCUT2D eigenvalue weighted by molar-refractivity contribution is -0.131. The van der Waals surface area contributed by atoms with E-state index >= 15 is 0 Å². The van der Waals surface area contributed by atoms with Gasteiger partial charge in [-0.1, -0.05) is 0 Å². The summed E-state index contributed by atoms with van der Waals surface area (Å²) in [5, 5.41) is 6.35. The summed E-state index contributed by atoms with van der Waals surface area (Å²) < 4.78 is 0. The fourth-order valence-electron chi connectivity index (χ4n) is 5.72. The highest BCUT2D eigenvalue weighted by Crippen LogP contribution is 2.55. The lowest BCUT2D eigenvalue weighted by Crippen LogP contribution is -2.62. The van der Waals surface area contributed by atoms with Crippen LogP contribution in [0.15, 0.2) is 0 Å². The molecule has 116 valence electrons. The van der Waals surface area contributed by atoms with Gasteiger partial charge >= 0.3 is 6.03 Å². The van der Waals surface area contributed by atoms with Gasteiger partial charge in [-0.15, -0.1) is 0 Å². The Balaban J connectivity index is 1.45. The molecule has 1 saturated heterocycles. The summed E-state index contributed by atoms with van der Waals surface area (Å²) >= 11 is 0. The molecule has 0 aromatic heterocycles. The van der Waals surface area contributed by atoms with Crippen molar-refractivity contribution < 1.29 is 9.59 Å². The Hall–Kier alpha value is -1.10. The highest BCUT2D eigenvalue weighted by atomic mass is 16.2. The van der Waals surface area contributed by atoms with E-state index in [0.717, 1.165) is 17.8 Å². The first-order chi connectivity index (χ1) is 10.0. The van der Waals surface area contributed by atoms with Crippen LogP contribution < -0.4 is 10.6 Å². The van der Waals surface area contributed by atoms with E-state index in [0.29, 0.717) is 13.1 Å². The van der Waals surface area contributed by atoms with E-state index < -0.39 is 0 Å². The molecule has 2 N–H and O–H groups in total. The van der Waals surface area contributed by atoms with Gasteiger partial charge in [-0.2, -0.15) is 0 Å². The molecule has 5 aliphatic rings. The molecule has 21 heavy (non-hydrogen) atoms. The third kappa shape index (κ3) is 2.26. The second-order valence-electron chi connectivity index (χ2n) is 7.79. The number of amides is 3. The zero-order valence-electron chi connectivity index (χ0n) is 12.7. The number of urea groups is 1. The maximum Gasteiger partial charge on any atom is 0.324 e. The minimum absolute atomic E-state index is 0.0688. The van der Waals surface area contributed by atoms with Crippen LogP contribution >= 0.6 is 0 Å². The summed E-state index contributed by atoms with van der Waals surface area (Å²) in [6.45, 7) is 3.01. The Bertz CT molecular complexity index is 441. The number of imide groups is 1. The number of hydrogen-bond acceptors (Lipinski definition) is 3. The molecule has 5 heteroatoms. The quantitative estimate of drug-likeness (QED) is 0.828. The van der Waals surface area contributed by atoms with Crippen molar-refractivity contribution in [3.05, 3.63) is 0 Å². The summed E-state index contributed by atoms with van der Waals surface area (Å²) in [6.07, 6.45) is 7.88. The molecule has 5 fully saturated rings. The molecule has 4 bridgehead atoms. The molecule has 0 aromatic rings. The monoisotopic (exact) mass is 291 g/mol. The minimum atomic E-state index is -0.259. The molecule has 3 amide bonds. The molecule has 4 aliphatic carbocycles. The van der Waals surface area contributed by atoms with Gasteiger partial charge in [0.15, 0.2) is 0 Å². The van der Waals surface area contributed by atoms with E-state index in [4.69, 9.17) is 0 Å². The molecular formula is C16H25N3O2. The van der Waals surface area contributed by atoms with Crippen molar-refractivity contribution >= 4 is 11.9 Å². The molecule has 0 aromatic carbocycles. The van der Waals surface area contributed by atoms with Gasteiger partial charge in [-0.05, 0) is 63.2 Å². The van der Waals surface area contributed by atoms with E-state index in [1.165, 1.54) is 43.4 Å². The Kier molecular flexibility index (Phi) is 3.03. The van der Waals surface area contributed by atoms with Crippen LogP contribution in [0.1, 0.15) is 45.4 Å². The average molecular weight is 291 g/mol. The van der Waals surface area contributed by atoms with Crippen molar-refractivity contribution in [2.75, 3.05) is 13.1 Å². The molecular weight excluding hydrogens is 266 g/mol. The zero-order chi connectivity index (χ0) is 14.6. The van der Waals surface area contributed by atoms with Gasteiger partial charge in [0.2, 0.25) is 5.91 Å². The number of carbonyl (C=O) groups excluding carboxylic acids is 2. The van der Waals surface area contributed by atoms with Crippen molar-refractivity contribution in [1.29, 1.82) is 0 Å². The second-order valence-corrected chi connectivity index (χ2v) is 7.79. The van der Waals surface area contributed by atoms with Crippen LogP contribution in [0, 0.1) is 17.8 Å². The van der Waals surface area contributed by atoms with E-state index in [1.807, 2.05) is 6.92 Å². The summed E-state index contributed by atoms with van der Waals surface area (Å²) in [7, 11) is 0. The summed E-state index contributed by atoms with van der Waals surface area (Å²) in [5.74, 6) is 2.52. The summed E-state index contributed by atoms with van der Waals surface area (Å²) in [4.78, 5) is 25.5. The van der Waals surface area contributed by atoms with Crippen molar-refractivity contribution in [2.24, 2.45) is 17.8 Å².